The predicted molar refractivity (Wildman–Crippen MR) is 249 cm³/mol. The molecule has 4 heterocycles. The minimum Gasteiger partial charge on any atom is -0.494 e. The molecule has 1 saturated heterocycles. The molecule has 2 aromatic heterocycles. The molecule has 1 fully saturated rings. The zero-order valence-electron chi connectivity index (χ0n) is 37.1. The van der Waals surface area contributed by atoms with Crippen molar-refractivity contribution in [3.63, 3.8) is 0 Å². The lowest BCUT2D eigenvalue weighted by Crippen LogP contribution is -2.54. The van der Waals surface area contributed by atoms with Crippen molar-refractivity contribution in [1.29, 1.82) is 0 Å². The number of benzene rings is 4. The van der Waals surface area contributed by atoms with Crippen molar-refractivity contribution in [2.45, 2.75) is 76.4 Å². The first kappa shape index (κ1) is 45.7. The Balaban J connectivity index is 0.814. The summed E-state index contributed by atoms with van der Waals surface area (Å²) in [5.74, 6) is -2.03. The van der Waals surface area contributed by atoms with Crippen LogP contribution >= 0.6 is 0 Å². The zero-order valence-corrected chi connectivity index (χ0v) is 37.1. The lowest BCUT2D eigenvalue weighted by Gasteiger charge is -2.31. The van der Waals surface area contributed by atoms with Gasteiger partial charge in [0.1, 0.15) is 23.6 Å². The van der Waals surface area contributed by atoms with Crippen LogP contribution in [0.5, 0.6) is 11.5 Å². The fourth-order valence-electron chi connectivity index (χ4n) is 8.44. The molecular weight excluding hydrogens is 851 g/mol. The van der Waals surface area contributed by atoms with E-state index in [4.69, 9.17) is 13.9 Å². The Morgan fingerprint density at radius 3 is 2.21 bits per heavy atom. The van der Waals surface area contributed by atoms with Crippen molar-refractivity contribution >= 4 is 41.1 Å². The van der Waals surface area contributed by atoms with E-state index >= 15 is 0 Å². The topological polar surface area (TPSA) is 177 Å². The summed E-state index contributed by atoms with van der Waals surface area (Å²) in [5, 5.41) is 5.36. The van der Waals surface area contributed by atoms with Crippen LogP contribution in [0.1, 0.15) is 113 Å². The summed E-state index contributed by atoms with van der Waals surface area (Å²) >= 11 is 0. The molecular formula is C53H51N5O9. The van der Waals surface area contributed by atoms with Gasteiger partial charge in [0.25, 0.3) is 17.7 Å². The predicted octanol–water partition coefficient (Wildman–Crippen LogP) is 8.81. The first-order chi connectivity index (χ1) is 32.7. The molecule has 8 rings (SSSR count). The maximum Gasteiger partial charge on any atom is 0.294 e. The molecule has 6 amide bonds. The highest BCUT2D eigenvalue weighted by Crippen LogP contribution is 2.35. The minimum atomic E-state index is -1.09. The van der Waals surface area contributed by atoms with E-state index < -0.39 is 53.6 Å². The van der Waals surface area contributed by atoms with E-state index in [0.29, 0.717) is 36.0 Å². The Bertz CT molecular complexity index is 2710. The average molecular weight is 902 g/mol. The molecule has 0 aliphatic carbocycles. The van der Waals surface area contributed by atoms with Gasteiger partial charge in [0.2, 0.25) is 17.7 Å². The van der Waals surface area contributed by atoms with E-state index in [1.807, 2.05) is 85.8 Å². The fourth-order valence-corrected chi connectivity index (χ4v) is 8.44. The summed E-state index contributed by atoms with van der Waals surface area (Å²) in [5.41, 5.74) is 4.19. The first-order valence-corrected chi connectivity index (χ1v) is 22.6. The van der Waals surface area contributed by atoms with Gasteiger partial charge in [-0.3, -0.25) is 48.9 Å². The van der Waals surface area contributed by atoms with Gasteiger partial charge in [-0.1, -0.05) is 92.4 Å². The summed E-state index contributed by atoms with van der Waals surface area (Å²) in [6, 6.07) is 34.0. The number of rotatable bonds is 20. The molecule has 3 atom stereocenters. The van der Waals surface area contributed by atoms with Gasteiger partial charge in [0.05, 0.1) is 36.6 Å². The van der Waals surface area contributed by atoms with Gasteiger partial charge in [0.15, 0.2) is 5.76 Å². The Kier molecular flexibility index (Phi) is 14.6. The van der Waals surface area contributed by atoms with Crippen LogP contribution in [0.3, 0.4) is 0 Å². The molecule has 14 heteroatoms. The summed E-state index contributed by atoms with van der Waals surface area (Å²) in [7, 11) is 0. The van der Waals surface area contributed by atoms with Crippen molar-refractivity contribution < 1.29 is 42.7 Å². The number of piperidine rings is 1. The zero-order chi connectivity index (χ0) is 46.7. The van der Waals surface area contributed by atoms with Crippen molar-refractivity contribution in [1.82, 2.24) is 20.5 Å². The summed E-state index contributed by atoms with van der Waals surface area (Å²) in [4.78, 5) is 85.9. The number of carbonyl (C=O) groups is 6. The van der Waals surface area contributed by atoms with Crippen LogP contribution in [-0.2, 0) is 14.4 Å². The Morgan fingerprint density at radius 1 is 0.776 bits per heavy atom. The number of nitrogens with zero attached hydrogens (tertiary/aromatic N) is 3. The number of unbranched alkanes of at least 4 members (excludes halogenated alkanes) is 5. The molecule has 342 valence electrons. The molecule has 2 N–H and O–H groups in total. The SMILES string of the molecule is C[C@@H](NC(=O)C(c1cccnc1)N(C(=O)c1ccco1)c1ccc(-c2ccccc2)cc1)c1cccc(OCCCCCCCCOc2cccc3c2C(=O)N(C2CCC(=O)NC2=O)C3=O)c1. The summed E-state index contributed by atoms with van der Waals surface area (Å²) in [6.07, 6.45) is 10.2. The summed E-state index contributed by atoms with van der Waals surface area (Å²) in [6.45, 7) is 2.77. The average Bonchev–Trinajstić information content (AvgIpc) is 3.98. The maximum absolute atomic E-state index is 14.5. The van der Waals surface area contributed by atoms with E-state index in [1.54, 1.807) is 54.9 Å². The van der Waals surface area contributed by atoms with Crippen LogP contribution in [0.4, 0.5) is 5.69 Å². The van der Waals surface area contributed by atoms with Gasteiger partial charge in [-0.2, -0.15) is 0 Å². The molecule has 2 aliphatic heterocycles. The summed E-state index contributed by atoms with van der Waals surface area (Å²) < 4.78 is 17.7. The van der Waals surface area contributed by atoms with Crippen molar-refractivity contribution in [2.24, 2.45) is 0 Å². The molecule has 0 bridgehead atoms. The van der Waals surface area contributed by atoms with Crippen LogP contribution in [0.25, 0.3) is 11.1 Å². The molecule has 14 nitrogen and oxygen atoms in total. The highest BCUT2D eigenvalue weighted by Gasteiger charge is 2.46. The second-order valence-electron chi connectivity index (χ2n) is 16.5. The smallest absolute Gasteiger partial charge is 0.294 e. The quantitative estimate of drug-likeness (QED) is 0.0556. The first-order valence-electron chi connectivity index (χ1n) is 22.6. The fraction of sp³-hybridized carbons (Fsp3) is 0.264. The molecule has 0 spiro atoms. The number of hydrogen-bond donors (Lipinski definition) is 2. The monoisotopic (exact) mass is 901 g/mol. The van der Waals surface area contributed by atoms with Gasteiger partial charge in [-0.15, -0.1) is 0 Å². The Labute approximate surface area is 388 Å². The second-order valence-corrected chi connectivity index (χ2v) is 16.5. The van der Waals surface area contributed by atoms with E-state index in [1.165, 1.54) is 11.2 Å². The number of amides is 6. The van der Waals surface area contributed by atoms with E-state index in [2.05, 4.69) is 15.6 Å². The van der Waals surface area contributed by atoms with Crippen LogP contribution in [0.2, 0.25) is 0 Å². The van der Waals surface area contributed by atoms with Crippen LogP contribution < -0.4 is 25.0 Å². The molecule has 0 saturated carbocycles. The molecule has 4 aromatic carbocycles. The van der Waals surface area contributed by atoms with Gasteiger partial charge in [-0.05, 0) is 97.5 Å². The largest absolute Gasteiger partial charge is 0.494 e. The number of anilines is 1. The maximum atomic E-state index is 14.5. The van der Waals surface area contributed by atoms with E-state index in [0.717, 1.165) is 60.1 Å². The van der Waals surface area contributed by atoms with Gasteiger partial charge < -0.3 is 19.2 Å². The number of imide groups is 2. The number of nitrogens with one attached hydrogen (secondary N) is 2. The number of aromatic nitrogens is 1. The number of hydrogen-bond acceptors (Lipinski definition) is 10. The number of fused-ring (bicyclic) bond motifs is 1. The van der Waals surface area contributed by atoms with E-state index in [-0.39, 0.29) is 29.7 Å². The van der Waals surface area contributed by atoms with Crippen LogP contribution in [0.15, 0.2) is 144 Å². The van der Waals surface area contributed by atoms with Crippen molar-refractivity contribution in [3.8, 4) is 22.6 Å². The lowest BCUT2D eigenvalue weighted by atomic mass is 10.0. The minimum absolute atomic E-state index is 0.0550. The van der Waals surface area contributed by atoms with Gasteiger partial charge >= 0.3 is 0 Å². The number of furan rings is 1. The van der Waals surface area contributed by atoms with Gasteiger partial charge in [0, 0.05) is 30.1 Å². The number of carbonyl (C=O) groups excluding carboxylic acids is 6. The van der Waals surface area contributed by atoms with Crippen molar-refractivity contribution in [3.05, 3.63) is 168 Å². The molecule has 6 aromatic rings. The number of pyridine rings is 1. The van der Waals surface area contributed by atoms with Crippen molar-refractivity contribution in [2.75, 3.05) is 18.1 Å². The third kappa shape index (κ3) is 10.7. The molecule has 0 radical (unpaired) electrons. The molecule has 2 aliphatic rings. The van der Waals surface area contributed by atoms with Crippen LogP contribution in [0, 0.1) is 0 Å². The second kappa shape index (κ2) is 21.4. The van der Waals surface area contributed by atoms with Crippen LogP contribution in [-0.4, -0.2) is 64.6 Å². The Morgan fingerprint density at radius 2 is 1.49 bits per heavy atom. The molecule has 67 heavy (non-hydrogen) atoms. The third-order valence-electron chi connectivity index (χ3n) is 11.9. The lowest BCUT2D eigenvalue weighted by molar-refractivity contribution is -0.136. The highest BCUT2D eigenvalue weighted by molar-refractivity contribution is 6.24. The normalized spacial score (nSPS) is 15.4. The number of ether oxygens (including phenoxy) is 2. The standard InChI is InChI=1S/C53H51N5O9/c1-35(55-50(61)48(39-18-13-29-54-34-39)57(52(63)45-22-14-32-67-45)40-25-23-37(24-26-40)36-15-7-6-8-16-36)38-17-11-19-41(33-38)65-30-9-4-2-3-5-10-31-66-44-21-12-20-42-47(44)53(64)58(51(42)62)43-27-28-46(59)56-49(43)60/h6-8,11-26,29,32-35,43,48H,2-5,9-10,27-28,30-31H2,1H3,(H,55,61)(H,56,59,60)/t35-,43?,48?/m1/s1. The van der Waals surface area contributed by atoms with Gasteiger partial charge in [-0.25, -0.2) is 0 Å². The van der Waals surface area contributed by atoms with E-state index in [9.17, 15) is 28.8 Å². The molecule has 2 unspecified atom stereocenters. The third-order valence-corrected chi connectivity index (χ3v) is 11.9. The Hall–Kier alpha value is -7.87. The highest BCUT2D eigenvalue weighted by atomic mass is 16.5.